The van der Waals surface area contributed by atoms with Crippen LogP contribution >= 0.6 is 0 Å². The Hall–Kier alpha value is -3.60. The molecule has 0 saturated heterocycles. The summed E-state index contributed by atoms with van der Waals surface area (Å²) >= 11 is 0. The molecule has 1 aliphatic heterocycles. The Morgan fingerprint density at radius 1 is 1.29 bits per heavy atom. The summed E-state index contributed by atoms with van der Waals surface area (Å²) in [4.78, 5) is 45.0. The molecule has 0 saturated carbocycles. The Kier molecular flexibility index (Phi) is 5.98. The van der Waals surface area contributed by atoms with Crippen LogP contribution in [0.25, 0.3) is 5.65 Å². The van der Waals surface area contributed by atoms with E-state index in [-0.39, 0.29) is 47.5 Å². The zero-order chi connectivity index (χ0) is 24.8. The van der Waals surface area contributed by atoms with E-state index in [0.717, 1.165) is 6.20 Å². The normalized spacial score (nSPS) is 14.5. The van der Waals surface area contributed by atoms with Gasteiger partial charge in [0.2, 0.25) is 5.91 Å². The number of methoxy groups -OCH3 is 1. The van der Waals surface area contributed by atoms with Crippen molar-refractivity contribution in [3.8, 4) is 0 Å². The predicted molar refractivity (Wildman–Crippen MR) is 122 cm³/mol. The van der Waals surface area contributed by atoms with Gasteiger partial charge in [0.1, 0.15) is 29.5 Å². The van der Waals surface area contributed by atoms with Crippen LogP contribution in [0, 0.1) is 5.82 Å². The summed E-state index contributed by atoms with van der Waals surface area (Å²) in [5.74, 6) is -1.19. The molecule has 0 aromatic carbocycles. The Balaban J connectivity index is 1.82. The molecule has 0 bridgehead atoms. The van der Waals surface area contributed by atoms with Crippen molar-refractivity contribution in [3.05, 3.63) is 57.5 Å². The number of anilines is 1. The zero-order valence-corrected chi connectivity index (χ0v) is 19.8. The second-order valence-corrected chi connectivity index (χ2v) is 9.42. The molecule has 34 heavy (non-hydrogen) atoms. The fourth-order valence-corrected chi connectivity index (χ4v) is 3.97. The highest BCUT2D eigenvalue weighted by Crippen LogP contribution is 2.27. The molecule has 1 aliphatic rings. The van der Waals surface area contributed by atoms with Crippen LogP contribution in [0.3, 0.4) is 0 Å². The van der Waals surface area contributed by atoms with Gasteiger partial charge in [0.15, 0.2) is 0 Å². The van der Waals surface area contributed by atoms with Crippen LogP contribution in [0.1, 0.15) is 49.4 Å². The maximum atomic E-state index is 13.4. The number of rotatable bonds is 6. The van der Waals surface area contributed by atoms with Gasteiger partial charge in [-0.05, 0) is 19.1 Å². The molecule has 0 radical (unpaired) electrons. The maximum absolute atomic E-state index is 13.4. The Morgan fingerprint density at radius 3 is 2.65 bits per heavy atom. The van der Waals surface area contributed by atoms with E-state index in [1.807, 2.05) is 27.7 Å². The minimum atomic E-state index is -0.525. The number of hydrogen-bond acceptors (Lipinski definition) is 6. The highest BCUT2D eigenvalue weighted by atomic mass is 19.1. The van der Waals surface area contributed by atoms with E-state index in [9.17, 15) is 18.8 Å². The summed E-state index contributed by atoms with van der Waals surface area (Å²) in [6.07, 6.45) is 0.996. The van der Waals surface area contributed by atoms with Gasteiger partial charge in [0.25, 0.3) is 11.5 Å². The van der Waals surface area contributed by atoms with Gasteiger partial charge in [0.05, 0.1) is 36.6 Å². The standard InChI is InChI=1S/C23H27FN6O4/c1-13(12-34-5)28-10-15-20(22(28)33)29(11-18(31)26-17-7-6-14(24)9-25-17)19-8-16(23(2,3)4)27-30(19)21(15)32/h6-9,13H,10-12H2,1-5H3,(H,25,26,31)/t13-/m0/s1. The molecule has 0 unspecified atom stereocenters. The summed E-state index contributed by atoms with van der Waals surface area (Å²) in [5.41, 5.74) is 0.673. The Bertz CT molecular complexity index is 1320. The number of nitrogens with one attached hydrogen (secondary N) is 1. The zero-order valence-electron chi connectivity index (χ0n) is 19.8. The Labute approximate surface area is 195 Å². The van der Waals surface area contributed by atoms with Crippen molar-refractivity contribution in [1.29, 1.82) is 0 Å². The largest absolute Gasteiger partial charge is 0.383 e. The van der Waals surface area contributed by atoms with Crippen molar-refractivity contribution in [2.24, 2.45) is 0 Å². The Morgan fingerprint density at radius 2 is 2.03 bits per heavy atom. The highest BCUT2D eigenvalue weighted by molar-refractivity contribution is 5.98. The van der Waals surface area contributed by atoms with E-state index in [1.165, 1.54) is 21.2 Å². The molecule has 4 heterocycles. The molecular weight excluding hydrogens is 443 g/mol. The van der Waals surface area contributed by atoms with Crippen LogP contribution in [0.2, 0.25) is 0 Å². The fourth-order valence-electron chi connectivity index (χ4n) is 3.97. The van der Waals surface area contributed by atoms with Gasteiger partial charge in [-0.3, -0.25) is 14.4 Å². The van der Waals surface area contributed by atoms with Gasteiger partial charge in [-0.2, -0.15) is 9.61 Å². The third-order valence-corrected chi connectivity index (χ3v) is 5.77. The lowest BCUT2D eigenvalue weighted by Gasteiger charge is -2.23. The molecule has 0 aliphatic carbocycles. The minimum Gasteiger partial charge on any atom is -0.383 e. The minimum absolute atomic E-state index is 0.0965. The number of nitrogens with zero attached hydrogens (tertiary/aromatic N) is 5. The number of amides is 2. The summed E-state index contributed by atoms with van der Waals surface area (Å²) < 4.78 is 21.1. The fraction of sp³-hybridized carbons (Fsp3) is 0.435. The SMILES string of the molecule is COC[C@H](C)N1Cc2c(n(CC(=O)Nc3ccc(F)cn3)c3cc(C(C)(C)C)nn3c2=O)C1=O. The van der Waals surface area contributed by atoms with Crippen LogP contribution in [0.5, 0.6) is 0 Å². The molecule has 1 atom stereocenters. The smallest absolute Gasteiger partial charge is 0.280 e. The van der Waals surface area contributed by atoms with Gasteiger partial charge < -0.3 is 19.5 Å². The molecule has 0 spiro atoms. The molecule has 0 fully saturated rings. The first-order valence-electron chi connectivity index (χ1n) is 10.9. The van der Waals surface area contributed by atoms with Crippen LogP contribution in [-0.4, -0.2) is 55.6 Å². The van der Waals surface area contributed by atoms with Gasteiger partial charge in [-0.15, -0.1) is 0 Å². The summed E-state index contributed by atoms with van der Waals surface area (Å²) in [5, 5.41) is 7.10. The quantitative estimate of drug-likeness (QED) is 0.590. The summed E-state index contributed by atoms with van der Waals surface area (Å²) in [7, 11) is 1.54. The molecule has 1 N–H and O–H groups in total. The predicted octanol–water partition coefficient (Wildman–Crippen LogP) is 1.96. The monoisotopic (exact) mass is 470 g/mol. The summed E-state index contributed by atoms with van der Waals surface area (Å²) in [6, 6.07) is 3.98. The van der Waals surface area contributed by atoms with Gasteiger partial charge >= 0.3 is 0 Å². The third kappa shape index (κ3) is 4.18. The van der Waals surface area contributed by atoms with E-state index in [4.69, 9.17) is 4.74 Å². The molecule has 4 rings (SSSR count). The molecule has 3 aromatic heterocycles. The van der Waals surface area contributed by atoms with Crippen LogP contribution in [0.4, 0.5) is 10.2 Å². The van der Waals surface area contributed by atoms with Crippen molar-refractivity contribution >= 4 is 23.3 Å². The number of ether oxygens (including phenoxy) is 1. The number of fused-ring (bicyclic) bond motifs is 2. The van der Waals surface area contributed by atoms with Gasteiger partial charge in [-0.1, -0.05) is 20.8 Å². The highest BCUT2D eigenvalue weighted by Gasteiger charge is 2.37. The first-order chi connectivity index (χ1) is 16.0. The van der Waals surface area contributed by atoms with E-state index >= 15 is 0 Å². The second-order valence-electron chi connectivity index (χ2n) is 9.42. The summed E-state index contributed by atoms with van der Waals surface area (Å²) in [6.45, 7) is 7.85. The topological polar surface area (TPSA) is 111 Å². The average Bonchev–Trinajstić information content (AvgIpc) is 3.36. The lowest BCUT2D eigenvalue weighted by atomic mass is 9.93. The molecule has 3 aromatic rings. The number of carbonyl (C=O) groups is 2. The van der Waals surface area contributed by atoms with Crippen molar-refractivity contribution < 1.29 is 18.7 Å². The van der Waals surface area contributed by atoms with Crippen molar-refractivity contribution in [2.75, 3.05) is 19.0 Å². The maximum Gasteiger partial charge on any atom is 0.280 e. The first-order valence-corrected chi connectivity index (χ1v) is 10.9. The molecule has 10 nitrogen and oxygen atoms in total. The molecular formula is C23H27FN6O4. The van der Waals surface area contributed by atoms with Crippen LogP contribution in [0.15, 0.2) is 29.2 Å². The second kappa shape index (κ2) is 8.64. The third-order valence-electron chi connectivity index (χ3n) is 5.77. The lowest BCUT2D eigenvalue weighted by Crippen LogP contribution is -2.37. The molecule has 2 amide bonds. The first kappa shape index (κ1) is 23.6. The molecule has 11 heteroatoms. The van der Waals surface area contributed by atoms with Crippen LogP contribution in [-0.2, 0) is 28.0 Å². The van der Waals surface area contributed by atoms with E-state index in [1.54, 1.807) is 18.1 Å². The van der Waals surface area contributed by atoms with Crippen molar-refractivity contribution in [1.82, 2.24) is 24.1 Å². The van der Waals surface area contributed by atoms with Gasteiger partial charge in [0, 0.05) is 18.6 Å². The number of hydrogen-bond donors (Lipinski definition) is 1. The number of halogens is 1. The van der Waals surface area contributed by atoms with E-state index < -0.39 is 17.3 Å². The molecule has 180 valence electrons. The van der Waals surface area contributed by atoms with E-state index in [0.29, 0.717) is 17.9 Å². The van der Waals surface area contributed by atoms with Crippen molar-refractivity contribution in [3.63, 3.8) is 0 Å². The van der Waals surface area contributed by atoms with Crippen LogP contribution < -0.4 is 10.9 Å². The number of carbonyl (C=O) groups excluding carboxylic acids is 2. The lowest BCUT2D eigenvalue weighted by molar-refractivity contribution is -0.116. The number of aromatic nitrogens is 4. The number of pyridine rings is 1. The van der Waals surface area contributed by atoms with Crippen molar-refractivity contribution in [2.45, 2.75) is 52.2 Å². The van der Waals surface area contributed by atoms with E-state index in [2.05, 4.69) is 15.4 Å². The van der Waals surface area contributed by atoms with Gasteiger partial charge in [-0.25, -0.2) is 9.37 Å². The average molecular weight is 471 g/mol.